The van der Waals surface area contributed by atoms with Crippen molar-refractivity contribution in [2.24, 2.45) is 0 Å². The summed E-state index contributed by atoms with van der Waals surface area (Å²) in [5.74, 6) is 0.464. The third kappa shape index (κ3) is 2.28. The minimum absolute atomic E-state index is 0.464. The first-order valence-corrected chi connectivity index (χ1v) is 5.94. The molecule has 0 atom stereocenters. The van der Waals surface area contributed by atoms with E-state index < -0.39 is 0 Å². The van der Waals surface area contributed by atoms with Crippen LogP contribution in [0.15, 0.2) is 17.8 Å². The summed E-state index contributed by atoms with van der Waals surface area (Å²) >= 11 is 1.67. The smallest absolute Gasteiger partial charge is 0.102 e. The van der Waals surface area contributed by atoms with Crippen LogP contribution in [-0.2, 0) is 6.54 Å². The van der Waals surface area contributed by atoms with E-state index in [4.69, 9.17) is 5.26 Å². The topological polar surface area (TPSA) is 54.5 Å². The van der Waals surface area contributed by atoms with Crippen molar-refractivity contribution in [1.29, 1.82) is 5.26 Å². The molecule has 0 saturated heterocycles. The number of nitriles is 1. The van der Waals surface area contributed by atoms with Crippen LogP contribution in [0.3, 0.4) is 0 Å². The second-order valence-corrected chi connectivity index (χ2v) is 4.76. The standard InChI is InChI=1S/C11H12N4S/c1-8(2)11-14-10(7-16-11)6-15-5-9(3-12)4-13-15/h4-5,7-8H,6H2,1-2H3. The van der Waals surface area contributed by atoms with Gasteiger partial charge in [0.15, 0.2) is 0 Å². The maximum atomic E-state index is 8.68. The molecule has 0 aliphatic heterocycles. The Kier molecular flexibility index (Phi) is 3.02. The van der Waals surface area contributed by atoms with Gasteiger partial charge in [-0.25, -0.2) is 4.98 Å². The van der Waals surface area contributed by atoms with Crippen molar-refractivity contribution < 1.29 is 0 Å². The lowest BCUT2D eigenvalue weighted by atomic mass is 10.2. The first-order chi connectivity index (χ1) is 7.69. The van der Waals surface area contributed by atoms with E-state index in [1.54, 1.807) is 28.4 Å². The molecule has 2 heterocycles. The number of hydrogen-bond acceptors (Lipinski definition) is 4. The van der Waals surface area contributed by atoms with E-state index in [1.807, 2.05) is 5.38 Å². The maximum absolute atomic E-state index is 8.68. The molecule has 0 N–H and O–H groups in total. The van der Waals surface area contributed by atoms with Crippen LogP contribution in [0.5, 0.6) is 0 Å². The number of nitrogens with zero attached hydrogens (tertiary/aromatic N) is 4. The molecule has 0 radical (unpaired) electrons. The van der Waals surface area contributed by atoms with Crippen molar-refractivity contribution in [3.05, 3.63) is 34.0 Å². The Balaban J connectivity index is 2.12. The number of hydrogen-bond donors (Lipinski definition) is 0. The Bertz CT molecular complexity index is 518. The largest absolute Gasteiger partial charge is 0.265 e. The van der Waals surface area contributed by atoms with Gasteiger partial charge in [-0.15, -0.1) is 11.3 Å². The summed E-state index contributed by atoms with van der Waals surface area (Å²) in [6, 6.07) is 2.06. The Morgan fingerprint density at radius 3 is 2.94 bits per heavy atom. The van der Waals surface area contributed by atoms with E-state index >= 15 is 0 Å². The van der Waals surface area contributed by atoms with Gasteiger partial charge in [0, 0.05) is 17.5 Å². The third-order valence-electron chi connectivity index (χ3n) is 2.15. The first kappa shape index (κ1) is 10.8. The molecule has 0 aliphatic carbocycles. The van der Waals surface area contributed by atoms with E-state index in [2.05, 4.69) is 30.0 Å². The minimum atomic E-state index is 0.464. The molecule has 0 saturated carbocycles. The van der Waals surface area contributed by atoms with E-state index in [0.29, 0.717) is 18.0 Å². The summed E-state index contributed by atoms with van der Waals surface area (Å²) in [6.07, 6.45) is 3.30. The lowest BCUT2D eigenvalue weighted by molar-refractivity contribution is 0.671. The fourth-order valence-electron chi connectivity index (χ4n) is 1.33. The van der Waals surface area contributed by atoms with Gasteiger partial charge in [-0.1, -0.05) is 13.8 Å². The molecule has 82 valence electrons. The highest BCUT2D eigenvalue weighted by Crippen LogP contribution is 2.19. The van der Waals surface area contributed by atoms with Gasteiger partial charge >= 0.3 is 0 Å². The normalized spacial score (nSPS) is 10.6. The molecule has 0 aliphatic rings. The minimum Gasteiger partial charge on any atom is -0.265 e. The van der Waals surface area contributed by atoms with Crippen molar-refractivity contribution in [1.82, 2.24) is 14.8 Å². The van der Waals surface area contributed by atoms with Crippen molar-refractivity contribution in [3.63, 3.8) is 0 Å². The summed E-state index contributed by atoms with van der Waals surface area (Å²) in [6.45, 7) is 4.89. The molecule has 5 heteroatoms. The number of aromatic nitrogens is 3. The number of rotatable bonds is 3. The predicted octanol–water partition coefficient (Wildman–Crippen LogP) is 2.38. The second kappa shape index (κ2) is 4.45. The van der Waals surface area contributed by atoms with Crippen molar-refractivity contribution in [2.75, 3.05) is 0 Å². The molecule has 0 aromatic carbocycles. The molecule has 4 nitrogen and oxygen atoms in total. The van der Waals surface area contributed by atoms with Crippen molar-refractivity contribution in [3.8, 4) is 6.07 Å². The van der Waals surface area contributed by atoms with Gasteiger partial charge in [0.05, 0.1) is 29.0 Å². The molecular formula is C11H12N4S. The zero-order valence-electron chi connectivity index (χ0n) is 9.21. The highest BCUT2D eigenvalue weighted by Gasteiger charge is 2.06. The summed E-state index contributed by atoms with van der Waals surface area (Å²) in [5.41, 5.74) is 1.58. The second-order valence-electron chi connectivity index (χ2n) is 3.87. The van der Waals surface area contributed by atoms with Gasteiger partial charge in [0.1, 0.15) is 6.07 Å². The maximum Gasteiger partial charge on any atom is 0.102 e. The van der Waals surface area contributed by atoms with Crippen LogP contribution in [0.25, 0.3) is 0 Å². The van der Waals surface area contributed by atoms with Crippen molar-refractivity contribution in [2.45, 2.75) is 26.3 Å². The predicted molar refractivity (Wildman–Crippen MR) is 62.2 cm³/mol. The van der Waals surface area contributed by atoms with Crippen molar-refractivity contribution >= 4 is 11.3 Å². The highest BCUT2D eigenvalue weighted by molar-refractivity contribution is 7.09. The van der Waals surface area contributed by atoms with Crippen LogP contribution >= 0.6 is 11.3 Å². The highest BCUT2D eigenvalue weighted by atomic mass is 32.1. The van der Waals surface area contributed by atoms with Gasteiger partial charge in [0.2, 0.25) is 0 Å². The van der Waals surface area contributed by atoms with Crippen LogP contribution in [0.1, 0.15) is 36.0 Å². The van der Waals surface area contributed by atoms with Crippen LogP contribution in [0, 0.1) is 11.3 Å². The summed E-state index contributed by atoms with van der Waals surface area (Å²) in [5, 5.41) is 16.0. The van der Waals surface area contributed by atoms with Gasteiger partial charge < -0.3 is 0 Å². The Labute approximate surface area is 98.2 Å². The summed E-state index contributed by atoms with van der Waals surface area (Å²) in [4.78, 5) is 4.51. The fourth-order valence-corrected chi connectivity index (χ4v) is 2.16. The third-order valence-corrected chi connectivity index (χ3v) is 3.34. The van der Waals surface area contributed by atoms with Crippen LogP contribution in [0.2, 0.25) is 0 Å². The summed E-state index contributed by atoms with van der Waals surface area (Å²) in [7, 11) is 0. The van der Waals surface area contributed by atoms with Crippen LogP contribution in [-0.4, -0.2) is 14.8 Å². The molecule has 2 aromatic rings. The van der Waals surface area contributed by atoms with Crippen LogP contribution < -0.4 is 0 Å². The van der Waals surface area contributed by atoms with Gasteiger partial charge in [0.25, 0.3) is 0 Å². The summed E-state index contributed by atoms with van der Waals surface area (Å²) < 4.78 is 1.73. The Morgan fingerprint density at radius 2 is 2.38 bits per heavy atom. The molecule has 0 fully saturated rings. The molecule has 0 spiro atoms. The van der Waals surface area contributed by atoms with Gasteiger partial charge in [-0.05, 0) is 0 Å². The number of thiazole rings is 1. The molecular weight excluding hydrogens is 220 g/mol. The van der Waals surface area contributed by atoms with E-state index in [9.17, 15) is 0 Å². The van der Waals surface area contributed by atoms with E-state index in [1.165, 1.54) is 0 Å². The average Bonchev–Trinajstić information content (AvgIpc) is 2.87. The quantitative estimate of drug-likeness (QED) is 0.816. The van der Waals surface area contributed by atoms with Gasteiger partial charge in [-0.2, -0.15) is 10.4 Å². The van der Waals surface area contributed by atoms with E-state index in [-0.39, 0.29) is 0 Å². The molecule has 0 amide bonds. The monoisotopic (exact) mass is 232 g/mol. The van der Waals surface area contributed by atoms with Crippen LogP contribution in [0.4, 0.5) is 0 Å². The lowest BCUT2D eigenvalue weighted by Crippen LogP contribution is -2.00. The fraction of sp³-hybridized carbons (Fsp3) is 0.364. The average molecular weight is 232 g/mol. The first-order valence-electron chi connectivity index (χ1n) is 5.06. The molecule has 16 heavy (non-hydrogen) atoms. The molecule has 0 bridgehead atoms. The lowest BCUT2D eigenvalue weighted by Gasteiger charge is -1.98. The van der Waals surface area contributed by atoms with E-state index in [0.717, 1.165) is 10.7 Å². The molecule has 2 rings (SSSR count). The Hall–Kier alpha value is -1.67. The van der Waals surface area contributed by atoms with Gasteiger partial charge in [-0.3, -0.25) is 4.68 Å². The zero-order valence-corrected chi connectivity index (χ0v) is 10.0. The Morgan fingerprint density at radius 1 is 1.56 bits per heavy atom. The molecule has 2 aromatic heterocycles. The molecule has 0 unspecified atom stereocenters. The SMILES string of the molecule is CC(C)c1nc(Cn2cc(C#N)cn2)cs1. The zero-order chi connectivity index (χ0) is 11.5.